The summed E-state index contributed by atoms with van der Waals surface area (Å²) in [4.78, 5) is 23.8. The minimum atomic E-state index is -0.470. The summed E-state index contributed by atoms with van der Waals surface area (Å²) in [5, 5.41) is 8.42. The molecule has 3 amide bonds. The van der Waals surface area contributed by atoms with E-state index in [0.717, 1.165) is 24.8 Å². The lowest BCUT2D eigenvalue weighted by Gasteiger charge is -2.37. The van der Waals surface area contributed by atoms with Crippen molar-refractivity contribution in [2.45, 2.75) is 44.2 Å². The Morgan fingerprint density at radius 1 is 1.30 bits per heavy atom. The minimum Gasteiger partial charge on any atom is -0.354 e. The third-order valence-electron chi connectivity index (χ3n) is 4.83. The van der Waals surface area contributed by atoms with Crippen LogP contribution in [0.1, 0.15) is 37.7 Å². The third-order valence-corrected chi connectivity index (χ3v) is 4.83. The fourth-order valence-electron chi connectivity index (χ4n) is 3.30. The largest absolute Gasteiger partial charge is 0.354 e. The summed E-state index contributed by atoms with van der Waals surface area (Å²) in [6.45, 7) is 2.63. The van der Waals surface area contributed by atoms with E-state index in [-0.39, 0.29) is 35.6 Å². The van der Waals surface area contributed by atoms with Gasteiger partial charge in [0.1, 0.15) is 11.9 Å². The molecule has 2 atom stereocenters. The molecule has 2 fully saturated rings. The van der Waals surface area contributed by atoms with Crippen LogP contribution in [0, 0.1) is 11.7 Å². The third kappa shape index (κ3) is 3.63. The van der Waals surface area contributed by atoms with E-state index in [2.05, 4.69) is 16.0 Å². The summed E-state index contributed by atoms with van der Waals surface area (Å²) in [5.74, 6) is 0.0722. The molecule has 0 spiro atoms. The molecule has 1 aliphatic carbocycles. The van der Waals surface area contributed by atoms with Gasteiger partial charge in [-0.1, -0.05) is 19.1 Å². The van der Waals surface area contributed by atoms with Crippen molar-refractivity contribution in [2.75, 3.05) is 6.54 Å². The number of carbonyl (C=O) groups is 2. The van der Waals surface area contributed by atoms with E-state index in [1.165, 1.54) is 6.07 Å². The second kappa shape index (κ2) is 6.56. The van der Waals surface area contributed by atoms with Gasteiger partial charge in [-0.05, 0) is 48.8 Å². The van der Waals surface area contributed by atoms with Crippen LogP contribution in [0.25, 0.3) is 0 Å². The van der Waals surface area contributed by atoms with Gasteiger partial charge in [0, 0.05) is 12.6 Å². The molecule has 1 saturated carbocycles. The lowest BCUT2D eigenvalue weighted by Crippen LogP contribution is -2.58. The summed E-state index contributed by atoms with van der Waals surface area (Å²) >= 11 is 0. The van der Waals surface area contributed by atoms with Gasteiger partial charge < -0.3 is 16.0 Å². The predicted molar refractivity (Wildman–Crippen MR) is 84.4 cm³/mol. The molecule has 5 nitrogen and oxygen atoms in total. The van der Waals surface area contributed by atoms with Crippen molar-refractivity contribution in [1.29, 1.82) is 0 Å². The Kier molecular flexibility index (Phi) is 4.50. The maximum absolute atomic E-state index is 13.2. The molecule has 1 heterocycles. The van der Waals surface area contributed by atoms with Gasteiger partial charge in [0.25, 0.3) is 0 Å². The number of rotatable bonds is 3. The Balaban J connectivity index is 1.46. The molecule has 1 aromatic rings. The highest BCUT2D eigenvalue weighted by Gasteiger charge is 2.34. The van der Waals surface area contributed by atoms with E-state index in [4.69, 9.17) is 0 Å². The van der Waals surface area contributed by atoms with Crippen LogP contribution in [-0.2, 0) is 4.79 Å². The SMILES string of the molecule is CC1CCNC(=O)C1NC(=O)NC1CC(c2cccc(F)c2)C1. The number of benzene rings is 1. The Hall–Kier alpha value is -2.11. The molecule has 2 unspecified atom stereocenters. The lowest BCUT2D eigenvalue weighted by molar-refractivity contribution is -0.125. The first-order valence-corrected chi connectivity index (χ1v) is 8.13. The van der Waals surface area contributed by atoms with Crippen LogP contribution >= 0.6 is 0 Å². The van der Waals surface area contributed by atoms with Gasteiger partial charge in [0.15, 0.2) is 0 Å². The van der Waals surface area contributed by atoms with E-state index in [1.807, 2.05) is 13.0 Å². The molecule has 6 heteroatoms. The van der Waals surface area contributed by atoms with Gasteiger partial charge in [-0.2, -0.15) is 0 Å². The Labute approximate surface area is 135 Å². The van der Waals surface area contributed by atoms with Crippen LogP contribution in [0.15, 0.2) is 24.3 Å². The van der Waals surface area contributed by atoms with Crippen LogP contribution in [0.3, 0.4) is 0 Å². The lowest BCUT2D eigenvalue weighted by atomic mass is 9.76. The summed E-state index contributed by atoms with van der Waals surface area (Å²) in [6, 6.07) is 5.91. The first-order chi connectivity index (χ1) is 11.0. The smallest absolute Gasteiger partial charge is 0.315 e. The second-order valence-corrected chi connectivity index (χ2v) is 6.57. The highest BCUT2D eigenvalue weighted by atomic mass is 19.1. The fraction of sp³-hybridized carbons (Fsp3) is 0.529. The summed E-state index contributed by atoms with van der Waals surface area (Å²) in [6.07, 6.45) is 2.45. The van der Waals surface area contributed by atoms with E-state index in [1.54, 1.807) is 12.1 Å². The van der Waals surface area contributed by atoms with Crippen LogP contribution in [0.2, 0.25) is 0 Å². The van der Waals surface area contributed by atoms with Gasteiger partial charge in [-0.3, -0.25) is 4.79 Å². The van der Waals surface area contributed by atoms with Gasteiger partial charge >= 0.3 is 6.03 Å². The molecular formula is C17H22FN3O2. The molecule has 2 aliphatic rings. The molecule has 0 bridgehead atoms. The molecule has 23 heavy (non-hydrogen) atoms. The fourth-order valence-corrected chi connectivity index (χ4v) is 3.30. The minimum absolute atomic E-state index is 0.0743. The number of hydrogen-bond donors (Lipinski definition) is 3. The van der Waals surface area contributed by atoms with Crippen LogP contribution < -0.4 is 16.0 Å². The molecule has 124 valence electrons. The summed E-state index contributed by atoms with van der Waals surface area (Å²) < 4.78 is 13.2. The average molecular weight is 319 g/mol. The maximum Gasteiger partial charge on any atom is 0.315 e. The number of hydrogen-bond acceptors (Lipinski definition) is 2. The van der Waals surface area contributed by atoms with Crippen molar-refractivity contribution in [3.05, 3.63) is 35.6 Å². The van der Waals surface area contributed by atoms with Gasteiger partial charge in [0.2, 0.25) is 5.91 Å². The molecule has 3 rings (SSSR count). The molecule has 0 radical (unpaired) electrons. The second-order valence-electron chi connectivity index (χ2n) is 6.57. The van der Waals surface area contributed by atoms with Crippen LogP contribution in [-0.4, -0.2) is 30.6 Å². The van der Waals surface area contributed by atoms with Crippen molar-refractivity contribution in [3.8, 4) is 0 Å². The number of urea groups is 1. The summed E-state index contributed by atoms with van der Waals surface area (Å²) in [7, 11) is 0. The van der Waals surface area contributed by atoms with Gasteiger partial charge in [0.05, 0.1) is 0 Å². The van der Waals surface area contributed by atoms with Crippen molar-refractivity contribution >= 4 is 11.9 Å². The summed E-state index contributed by atoms with van der Waals surface area (Å²) in [5.41, 5.74) is 0.976. The average Bonchev–Trinajstić information content (AvgIpc) is 2.46. The van der Waals surface area contributed by atoms with Crippen molar-refractivity contribution in [3.63, 3.8) is 0 Å². The number of carbonyl (C=O) groups excluding carboxylic acids is 2. The Bertz CT molecular complexity index is 601. The number of nitrogens with one attached hydrogen (secondary N) is 3. The zero-order valence-electron chi connectivity index (χ0n) is 13.1. The topological polar surface area (TPSA) is 70.2 Å². The van der Waals surface area contributed by atoms with E-state index in [0.29, 0.717) is 6.54 Å². The molecule has 0 aromatic heterocycles. The highest BCUT2D eigenvalue weighted by Crippen LogP contribution is 2.36. The number of halogens is 1. The van der Waals surface area contributed by atoms with E-state index >= 15 is 0 Å². The standard InChI is InChI=1S/C17H22FN3O2/c1-10-5-6-19-16(22)15(10)21-17(23)20-14-8-12(9-14)11-3-2-4-13(18)7-11/h2-4,7,10,12,14-15H,5-6,8-9H2,1H3,(H,19,22)(H2,20,21,23). The van der Waals surface area contributed by atoms with Gasteiger partial charge in [-0.15, -0.1) is 0 Å². The monoisotopic (exact) mass is 319 g/mol. The number of piperidine rings is 1. The first kappa shape index (κ1) is 15.8. The zero-order valence-corrected chi connectivity index (χ0v) is 13.1. The Morgan fingerprint density at radius 2 is 2.09 bits per heavy atom. The molecule has 1 aliphatic heterocycles. The molecule has 3 N–H and O–H groups in total. The van der Waals surface area contributed by atoms with E-state index in [9.17, 15) is 14.0 Å². The van der Waals surface area contributed by atoms with E-state index < -0.39 is 6.04 Å². The van der Waals surface area contributed by atoms with Crippen LogP contribution in [0.5, 0.6) is 0 Å². The molecule has 1 aromatic carbocycles. The number of amides is 3. The normalized spacial score (nSPS) is 30.1. The molecular weight excluding hydrogens is 297 g/mol. The Morgan fingerprint density at radius 3 is 2.78 bits per heavy atom. The van der Waals surface area contributed by atoms with Crippen LogP contribution in [0.4, 0.5) is 9.18 Å². The van der Waals surface area contributed by atoms with Crippen molar-refractivity contribution in [2.24, 2.45) is 5.92 Å². The zero-order chi connectivity index (χ0) is 16.4. The first-order valence-electron chi connectivity index (χ1n) is 8.13. The quantitative estimate of drug-likeness (QED) is 0.796. The van der Waals surface area contributed by atoms with Gasteiger partial charge in [-0.25, -0.2) is 9.18 Å². The predicted octanol–water partition coefficient (Wildman–Crippen LogP) is 1.90. The van der Waals surface area contributed by atoms with Crippen molar-refractivity contribution in [1.82, 2.24) is 16.0 Å². The van der Waals surface area contributed by atoms with Crippen molar-refractivity contribution < 1.29 is 14.0 Å². The maximum atomic E-state index is 13.2. The highest BCUT2D eigenvalue weighted by molar-refractivity contribution is 5.87. The molecule has 1 saturated heterocycles.